The summed E-state index contributed by atoms with van der Waals surface area (Å²) in [6.07, 6.45) is -1.04. The summed E-state index contributed by atoms with van der Waals surface area (Å²) >= 11 is 5.80. The molecule has 0 heterocycles. The number of nitrogen functional groups attached to an aromatic ring is 1. The van der Waals surface area contributed by atoms with Gasteiger partial charge in [-0.15, -0.1) is 0 Å². The second kappa shape index (κ2) is 8.44. The van der Waals surface area contributed by atoms with E-state index in [4.69, 9.17) is 31.5 Å². The van der Waals surface area contributed by atoms with Crippen LogP contribution in [0.25, 0.3) is 0 Å². The molecule has 0 bridgehead atoms. The maximum absolute atomic E-state index is 12.3. The van der Waals surface area contributed by atoms with Gasteiger partial charge in [-0.1, -0.05) is 11.6 Å². The molecule has 0 fully saturated rings. The molecule has 0 unspecified atom stereocenters. The molecule has 26 heavy (non-hydrogen) atoms. The second-order valence-electron chi connectivity index (χ2n) is 5.34. The van der Waals surface area contributed by atoms with E-state index in [9.17, 15) is 9.59 Å². The highest BCUT2D eigenvalue weighted by Crippen LogP contribution is 2.29. The second-order valence-corrected chi connectivity index (χ2v) is 5.77. The number of hydrogen-bond acceptors (Lipinski definition) is 6. The van der Waals surface area contributed by atoms with Crippen molar-refractivity contribution < 1.29 is 23.8 Å². The minimum Gasteiger partial charge on any atom is -0.493 e. The number of esters is 1. The lowest BCUT2D eigenvalue weighted by molar-refractivity contribution is -0.123. The van der Waals surface area contributed by atoms with Gasteiger partial charge in [-0.05, 0) is 37.3 Å². The standard InChI is InChI=1S/C18H19ClN2O5/c1-10(26-18(23)13-6-4-11(19)8-14(13)20)17(22)21-12-5-7-15(24-2)16(9-12)25-3/h4-10H,20H2,1-3H3,(H,21,22)/t10-/m1/s1. The first-order chi connectivity index (χ1) is 12.3. The SMILES string of the molecule is COc1ccc(NC(=O)[C@@H](C)OC(=O)c2ccc(Cl)cc2N)cc1OC. The van der Waals surface area contributed by atoms with E-state index < -0.39 is 18.0 Å². The Labute approximate surface area is 156 Å². The number of benzene rings is 2. The Bertz CT molecular complexity index is 825. The highest BCUT2D eigenvalue weighted by molar-refractivity contribution is 6.31. The van der Waals surface area contributed by atoms with E-state index in [0.29, 0.717) is 22.2 Å². The lowest BCUT2D eigenvalue weighted by Crippen LogP contribution is -2.30. The van der Waals surface area contributed by atoms with Gasteiger partial charge in [-0.3, -0.25) is 4.79 Å². The quantitative estimate of drug-likeness (QED) is 0.591. The first kappa shape index (κ1) is 19.4. The number of amides is 1. The van der Waals surface area contributed by atoms with Gasteiger partial charge >= 0.3 is 5.97 Å². The van der Waals surface area contributed by atoms with Crippen molar-refractivity contribution in [2.45, 2.75) is 13.0 Å². The lowest BCUT2D eigenvalue weighted by atomic mass is 10.2. The zero-order chi connectivity index (χ0) is 19.3. The van der Waals surface area contributed by atoms with Crippen molar-refractivity contribution >= 4 is 34.9 Å². The molecule has 0 saturated heterocycles. The minimum absolute atomic E-state index is 0.139. The number of hydrogen-bond donors (Lipinski definition) is 2. The van der Waals surface area contributed by atoms with Gasteiger partial charge in [0.1, 0.15) is 0 Å². The van der Waals surface area contributed by atoms with Crippen LogP contribution in [0.5, 0.6) is 11.5 Å². The Morgan fingerprint density at radius 1 is 1.08 bits per heavy atom. The number of halogens is 1. The largest absolute Gasteiger partial charge is 0.493 e. The smallest absolute Gasteiger partial charge is 0.341 e. The van der Waals surface area contributed by atoms with Crippen LogP contribution < -0.4 is 20.5 Å². The summed E-state index contributed by atoms with van der Waals surface area (Å²) in [5.41, 5.74) is 6.53. The average molecular weight is 379 g/mol. The van der Waals surface area contributed by atoms with Crippen LogP contribution >= 0.6 is 11.6 Å². The summed E-state index contributed by atoms with van der Waals surface area (Å²) in [5, 5.41) is 3.05. The van der Waals surface area contributed by atoms with Gasteiger partial charge in [0.25, 0.3) is 5.91 Å². The number of anilines is 2. The highest BCUT2D eigenvalue weighted by atomic mass is 35.5. The van der Waals surface area contributed by atoms with Crippen LogP contribution in [-0.4, -0.2) is 32.2 Å². The van der Waals surface area contributed by atoms with Crippen LogP contribution in [0, 0.1) is 0 Å². The fraction of sp³-hybridized carbons (Fsp3) is 0.222. The molecule has 2 aromatic carbocycles. The van der Waals surface area contributed by atoms with Crippen molar-refractivity contribution in [3.63, 3.8) is 0 Å². The van der Waals surface area contributed by atoms with Crippen molar-refractivity contribution in [2.24, 2.45) is 0 Å². The molecule has 2 aromatic rings. The van der Waals surface area contributed by atoms with E-state index in [-0.39, 0.29) is 11.3 Å². The van der Waals surface area contributed by atoms with Gasteiger partial charge in [-0.2, -0.15) is 0 Å². The Hall–Kier alpha value is -2.93. The molecule has 0 aliphatic heterocycles. The maximum Gasteiger partial charge on any atom is 0.341 e. The molecule has 0 saturated carbocycles. The van der Waals surface area contributed by atoms with E-state index >= 15 is 0 Å². The molecule has 1 amide bonds. The fourth-order valence-corrected chi connectivity index (χ4v) is 2.34. The summed E-state index contributed by atoms with van der Waals surface area (Å²) in [5.74, 6) is -0.223. The zero-order valence-corrected chi connectivity index (χ0v) is 15.3. The number of carbonyl (C=O) groups excluding carboxylic acids is 2. The topological polar surface area (TPSA) is 99.9 Å². The molecule has 0 spiro atoms. The Balaban J connectivity index is 2.04. The molecule has 1 atom stereocenters. The molecule has 0 aliphatic rings. The predicted molar refractivity (Wildman–Crippen MR) is 98.9 cm³/mol. The van der Waals surface area contributed by atoms with E-state index in [2.05, 4.69) is 5.32 Å². The van der Waals surface area contributed by atoms with Gasteiger partial charge in [0.2, 0.25) is 0 Å². The van der Waals surface area contributed by atoms with E-state index in [1.165, 1.54) is 39.3 Å². The van der Waals surface area contributed by atoms with Crippen LogP contribution in [0.3, 0.4) is 0 Å². The third-order valence-corrected chi connectivity index (χ3v) is 3.77. The summed E-state index contributed by atoms with van der Waals surface area (Å²) in [7, 11) is 3.00. The maximum atomic E-state index is 12.3. The number of ether oxygens (including phenoxy) is 3. The first-order valence-corrected chi connectivity index (χ1v) is 8.02. The molecular weight excluding hydrogens is 360 g/mol. The van der Waals surface area contributed by atoms with E-state index in [0.717, 1.165) is 0 Å². The molecule has 2 rings (SSSR count). The summed E-state index contributed by atoms with van der Waals surface area (Å²) < 4.78 is 15.5. The Morgan fingerprint density at radius 3 is 2.38 bits per heavy atom. The Morgan fingerprint density at radius 2 is 1.77 bits per heavy atom. The molecule has 0 aromatic heterocycles. The summed E-state index contributed by atoms with van der Waals surface area (Å²) in [6, 6.07) is 9.29. The van der Waals surface area contributed by atoms with E-state index in [1.54, 1.807) is 18.2 Å². The third-order valence-electron chi connectivity index (χ3n) is 3.54. The van der Waals surface area contributed by atoms with E-state index in [1.807, 2.05) is 0 Å². The Kier molecular flexibility index (Phi) is 6.30. The van der Waals surface area contributed by atoms with Gasteiger partial charge in [0.05, 0.1) is 19.8 Å². The van der Waals surface area contributed by atoms with Crippen LogP contribution in [-0.2, 0) is 9.53 Å². The van der Waals surface area contributed by atoms with Crippen LogP contribution in [0.2, 0.25) is 5.02 Å². The predicted octanol–water partition coefficient (Wildman–Crippen LogP) is 3.12. The van der Waals surface area contributed by atoms with Crippen molar-refractivity contribution in [3.05, 3.63) is 47.0 Å². The van der Waals surface area contributed by atoms with Crippen LogP contribution in [0.15, 0.2) is 36.4 Å². The molecular formula is C18H19ClN2O5. The van der Waals surface area contributed by atoms with Gasteiger partial charge in [0, 0.05) is 22.5 Å². The number of carbonyl (C=O) groups is 2. The number of rotatable bonds is 6. The van der Waals surface area contributed by atoms with Gasteiger partial charge in [0.15, 0.2) is 17.6 Å². The molecule has 7 nitrogen and oxygen atoms in total. The molecule has 138 valence electrons. The highest BCUT2D eigenvalue weighted by Gasteiger charge is 2.21. The van der Waals surface area contributed by atoms with Crippen molar-refractivity contribution in [2.75, 3.05) is 25.3 Å². The van der Waals surface area contributed by atoms with Crippen LogP contribution in [0.1, 0.15) is 17.3 Å². The number of nitrogens with one attached hydrogen (secondary N) is 1. The van der Waals surface area contributed by atoms with Crippen molar-refractivity contribution in [1.82, 2.24) is 0 Å². The summed E-state index contributed by atoms with van der Waals surface area (Å²) in [6.45, 7) is 1.46. The normalized spacial score (nSPS) is 11.4. The average Bonchev–Trinajstić information content (AvgIpc) is 2.61. The third kappa shape index (κ3) is 4.58. The van der Waals surface area contributed by atoms with Crippen molar-refractivity contribution in [1.29, 1.82) is 0 Å². The van der Waals surface area contributed by atoms with Gasteiger partial charge < -0.3 is 25.3 Å². The minimum atomic E-state index is -1.04. The molecule has 3 N–H and O–H groups in total. The van der Waals surface area contributed by atoms with Gasteiger partial charge in [-0.25, -0.2) is 4.79 Å². The fourth-order valence-electron chi connectivity index (χ4n) is 2.15. The molecule has 0 radical (unpaired) electrons. The number of nitrogens with two attached hydrogens (primary N) is 1. The van der Waals surface area contributed by atoms with Crippen LogP contribution in [0.4, 0.5) is 11.4 Å². The zero-order valence-electron chi connectivity index (χ0n) is 14.5. The first-order valence-electron chi connectivity index (χ1n) is 7.64. The van der Waals surface area contributed by atoms with Crippen molar-refractivity contribution in [3.8, 4) is 11.5 Å². The number of methoxy groups -OCH3 is 2. The monoisotopic (exact) mass is 378 g/mol. The molecule has 8 heteroatoms. The molecule has 0 aliphatic carbocycles. The summed E-state index contributed by atoms with van der Waals surface area (Å²) in [4.78, 5) is 24.4. The lowest BCUT2D eigenvalue weighted by Gasteiger charge is -2.15.